The third kappa shape index (κ3) is 3.11. The lowest BCUT2D eigenvalue weighted by molar-refractivity contribution is -0.117. The Balaban J connectivity index is 1.76. The van der Waals surface area contributed by atoms with E-state index in [4.69, 9.17) is 0 Å². The molecule has 0 spiro atoms. The van der Waals surface area contributed by atoms with E-state index in [1.165, 1.54) is 28.7 Å². The Bertz CT molecular complexity index is 656. The topological polar surface area (TPSA) is 46.1 Å². The van der Waals surface area contributed by atoms with Gasteiger partial charge < -0.3 is 4.90 Å². The lowest BCUT2D eigenvalue weighted by Gasteiger charge is -2.31. The Morgan fingerprint density at radius 1 is 1.38 bits per heavy atom. The number of aromatic nitrogens is 2. The zero-order valence-electron chi connectivity index (χ0n) is 12.1. The number of carbonyl (C=O) groups excluding carboxylic acids is 1. The van der Waals surface area contributed by atoms with Gasteiger partial charge in [0.2, 0.25) is 5.91 Å². The Labute approximate surface area is 132 Å². The quantitative estimate of drug-likeness (QED) is 0.814. The van der Waals surface area contributed by atoms with Crippen LogP contribution in [0.15, 0.2) is 28.6 Å². The lowest BCUT2D eigenvalue weighted by atomic mass is 10.0. The van der Waals surface area contributed by atoms with Gasteiger partial charge >= 0.3 is 0 Å². The summed E-state index contributed by atoms with van der Waals surface area (Å²) >= 11 is 3.03. The number of para-hydroxylation sites is 1. The molecule has 0 radical (unpaired) electrons. The van der Waals surface area contributed by atoms with Gasteiger partial charge in [-0.15, -0.1) is 10.2 Å². The molecule has 6 heteroatoms. The van der Waals surface area contributed by atoms with Crippen LogP contribution in [0.2, 0.25) is 0 Å². The molecular formula is C15H17N3OS2. The third-order valence-electron chi connectivity index (χ3n) is 3.51. The van der Waals surface area contributed by atoms with E-state index < -0.39 is 0 Å². The number of amides is 1. The number of anilines is 1. The van der Waals surface area contributed by atoms with Crippen molar-refractivity contribution < 1.29 is 4.79 Å². The van der Waals surface area contributed by atoms with Gasteiger partial charge in [-0.3, -0.25) is 4.79 Å². The Morgan fingerprint density at radius 2 is 2.19 bits per heavy atom. The fourth-order valence-corrected chi connectivity index (χ4v) is 4.53. The molecule has 1 atom stereocenters. The first kappa shape index (κ1) is 14.5. The second-order valence-corrected chi connectivity index (χ2v) is 7.84. The largest absolute Gasteiger partial charge is 0.311 e. The maximum atomic E-state index is 12.7. The van der Waals surface area contributed by atoms with Crippen molar-refractivity contribution in [2.24, 2.45) is 0 Å². The molecule has 1 aromatic carbocycles. The van der Waals surface area contributed by atoms with E-state index in [0.29, 0.717) is 0 Å². The van der Waals surface area contributed by atoms with Gasteiger partial charge in [0, 0.05) is 12.2 Å². The van der Waals surface area contributed by atoms with Crippen molar-refractivity contribution >= 4 is 34.7 Å². The van der Waals surface area contributed by atoms with Gasteiger partial charge in [-0.25, -0.2) is 0 Å². The molecule has 21 heavy (non-hydrogen) atoms. The van der Waals surface area contributed by atoms with Crippen LogP contribution in [-0.2, 0) is 11.2 Å². The number of benzene rings is 1. The SMILES string of the molecule is Cc1nnc(SC(C)C(=O)N2CCCc3ccccc32)s1. The molecule has 0 N–H and O–H groups in total. The maximum absolute atomic E-state index is 12.7. The van der Waals surface area contributed by atoms with Crippen LogP contribution in [0, 0.1) is 6.92 Å². The van der Waals surface area contributed by atoms with Crippen molar-refractivity contribution in [3.8, 4) is 0 Å². The predicted octanol–water partition coefficient (Wildman–Crippen LogP) is 3.31. The van der Waals surface area contributed by atoms with Crippen LogP contribution in [0.5, 0.6) is 0 Å². The van der Waals surface area contributed by atoms with Crippen LogP contribution in [0.25, 0.3) is 0 Å². The highest BCUT2D eigenvalue weighted by Gasteiger charge is 2.27. The smallest absolute Gasteiger partial charge is 0.240 e. The van der Waals surface area contributed by atoms with Gasteiger partial charge in [-0.1, -0.05) is 41.3 Å². The van der Waals surface area contributed by atoms with E-state index in [-0.39, 0.29) is 11.2 Å². The minimum atomic E-state index is -0.150. The summed E-state index contributed by atoms with van der Waals surface area (Å²) in [5.74, 6) is 0.153. The lowest BCUT2D eigenvalue weighted by Crippen LogP contribution is -2.40. The molecule has 1 aliphatic rings. The Morgan fingerprint density at radius 3 is 2.95 bits per heavy atom. The van der Waals surface area contributed by atoms with Crippen LogP contribution in [0.3, 0.4) is 0 Å². The normalized spacial score (nSPS) is 15.6. The number of hydrogen-bond donors (Lipinski definition) is 0. The minimum absolute atomic E-state index is 0.150. The van der Waals surface area contributed by atoms with Crippen LogP contribution in [0.1, 0.15) is 23.9 Å². The average Bonchev–Trinajstić information content (AvgIpc) is 2.91. The van der Waals surface area contributed by atoms with Crippen molar-refractivity contribution in [3.63, 3.8) is 0 Å². The second kappa shape index (κ2) is 6.15. The first-order valence-electron chi connectivity index (χ1n) is 7.01. The number of rotatable bonds is 3. The summed E-state index contributed by atoms with van der Waals surface area (Å²) in [6.45, 7) is 4.67. The summed E-state index contributed by atoms with van der Waals surface area (Å²) in [5.41, 5.74) is 2.33. The van der Waals surface area contributed by atoms with E-state index in [1.807, 2.05) is 36.9 Å². The van der Waals surface area contributed by atoms with Gasteiger partial charge in [0.05, 0.1) is 5.25 Å². The molecule has 0 fully saturated rings. The summed E-state index contributed by atoms with van der Waals surface area (Å²) in [7, 11) is 0. The monoisotopic (exact) mass is 319 g/mol. The van der Waals surface area contributed by atoms with Gasteiger partial charge in [-0.05, 0) is 38.3 Å². The molecule has 1 amide bonds. The molecule has 0 aliphatic carbocycles. The first-order chi connectivity index (χ1) is 10.1. The van der Waals surface area contributed by atoms with Crippen LogP contribution < -0.4 is 4.90 Å². The summed E-state index contributed by atoms with van der Waals surface area (Å²) in [6, 6.07) is 8.19. The number of fused-ring (bicyclic) bond motifs is 1. The zero-order valence-corrected chi connectivity index (χ0v) is 13.7. The second-order valence-electron chi connectivity index (χ2n) is 5.07. The van der Waals surface area contributed by atoms with Crippen molar-refractivity contribution in [3.05, 3.63) is 34.8 Å². The van der Waals surface area contributed by atoms with Crippen LogP contribution >= 0.6 is 23.1 Å². The molecule has 0 saturated carbocycles. The summed E-state index contributed by atoms with van der Waals surface area (Å²) in [6.07, 6.45) is 2.08. The summed E-state index contributed by atoms with van der Waals surface area (Å²) in [5, 5.41) is 8.87. The average molecular weight is 319 g/mol. The van der Waals surface area contributed by atoms with Gasteiger partial charge in [0.1, 0.15) is 5.01 Å². The van der Waals surface area contributed by atoms with Crippen molar-refractivity contribution in [2.75, 3.05) is 11.4 Å². The molecule has 3 rings (SSSR count). The molecular weight excluding hydrogens is 302 g/mol. The van der Waals surface area contributed by atoms with Crippen LogP contribution in [0.4, 0.5) is 5.69 Å². The summed E-state index contributed by atoms with van der Waals surface area (Å²) < 4.78 is 0.860. The number of thioether (sulfide) groups is 1. The van der Waals surface area contributed by atoms with Crippen molar-refractivity contribution in [2.45, 2.75) is 36.3 Å². The van der Waals surface area contributed by atoms with Crippen LogP contribution in [-0.4, -0.2) is 27.9 Å². The van der Waals surface area contributed by atoms with Gasteiger partial charge in [-0.2, -0.15) is 0 Å². The highest BCUT2D eigenvalue weighted by atomic mass is 32.2. The number of nitrogens with zero attached hydrogens (tertiary/aromatic N) is 3. The molecule has 2 aromatic rings. The predicted molar refractivity (Wildman–Crippen MR) is 87.1 cm³/mol. The minimum Gasteiger partial charge on any atom is -0.311 e. The molecule has 1 aliphatic heterocycles. The van der Waals surface area contributed by atoms with E-state index in [0.717, 1.165) is 34.4 Å². The van der Waals surface area contributed by atoms with E-state index in [1.54, 1.807) is 0 Å². The van der Waals surface area contributed by atoms with E-state index in [9.17, 15) is 4.79 Å². The Hall–Kier alpha value is -1.40. The van der Waals surface area contributed by atoms with E-state index in [2.05, 4.69) is 16.3 Å². The molecule has 1 aromatic heterocycles. The van der Waals surface area contributed by atoms with E-state index >= 15 is 0 Å². The highest BCUT2D eigenvalue weighted by Crippen LogP contribution is 2.31. The summed E-state index contributed by atoms with van der Waals surface area (Å²) in [4.78, 5) is 14.7. The molecule has 2 heterocycles. The number of carbonyl (C=O) groups is 1. The molecule has 1 unspecified atom stereocenters. The standard InChI is InChI=1S/C15H17N3OS2/c1-10(20-15-17-16-11(2)21-15)14(19)18-9-5-7-12-6-3-4-8-13(12)18/h3-4,6,8,10H,5,7,9H2,1-2H3. The molecule has 110 valence electrons. The number of hydrogen-bond acceptors (Lipinski definition) is 5. The number of aryl methyl sites for hydroxylation is 2. The molecule has 0 bridgehead atoms. The van der Waals surface area contributed by atoms with Crippen molar-refractivity contribution in [1.82, 2.24) is 10.2 Å². The zero-order chi connectivity index (χ0) is 14.8. The molecule has 0 saturated heterocycles. The Kier molecular flexibility index (Phi) is 4.26. The van der Waals surface area contributed by atoms with Crippen molar-refractivity contribution in [1.29, 1.82) is 0 Å². The maximum Gasteiger partial charge on any atom is 0.240 e. The van der Waals surface area contributed by atoms with Gasteiger partial charge in [0.15, 0.2) is 4.34 Å². The first-order valence-corrected chi connectivity index (χ1v) is 8.71. The third-order valence-corrected chi connectivity index (χ3v) is 5.52. The highest BCUT2D eigenvalue weighted by molar-refractivity contribution is 8.02. The fraction of sp³-hybridized carbons (Fsp3) is 0.400. The fourth-order valence-electron chi connectivity index (χ4n) is 2.51. The van der Waals surface area contributed by atoms with Gasteiger partial charge in [0.25, 0.3) is 0 Å². The molecule has 4 nitrogen and oxygen atoms in total.